The van der Waals surface area contributed by atoms with Crippen LogP contribution >= 0.6 is 0 Å². The lowest BCUT2D eigenvalue weighted by molar-refractivity contribution is -0.142. The number of rotatable bonds is 8. The Morgan fingerprint density at radius 1 is 1.09 bits per heavy atom. The lowest BCUT2D eigenvalue weighted by Crippen LogP contribution is -2.36. The van der Waals surface area contributed by atoms with Crippen LogP contribution in [0.15, 0.2) is 41.0 Å². The van der Waals surface area contributed by atoms with Crippen LogP contribution in [-0.2, 0) is 28.5 Å². The van der Waals surface area contributed by atoms with Crippen molar-refractivity contribution in [1.29, 1.82) is 0 Å². The van der Waals surface area contributed by atoms with E-state index in [4.69, 9.17) is 13.9 Å². The molecule has 0 bridgehead atoms. The van der Waals surface area contributed by atoms with Gasteiger partial charge in [-0.1, -0.05) is 0 Å². The Morgan fingerprint density at radius 2 is 1.76 bits per heavy atom. The summed E-state index contributed by atoms with van der Waals surface area (Å²) in [6.45, 7) is 1.54. The summed E-state index contributed by atoms with van der Waals surface area (Å²) in [5.41, 5.74) is 1.07. The molecule has 3 aromatic rings. The molecule has 33 heavy (non-hydrogen) atoms. The molecule has 2 aromatic heterocycles. The number of halogens is 3. The number of benzene rings is 1. The van der Waals surface area contributed by atoms with E-state index in [2.05, 4.69) is 5.10 Å². The molecule has 0 spiro atoms. The summed E-state index contributed by atoms with van der Waals surface area (Å²) in [6, 6.07) is 8.03. The minimum atomic E-state index is -4.57. The number of carbonyl (C=O) groups excluding carboxylic acids is 1. The topological polar surface area (TPSA) is 69.7 Å². The standard InChI is InChI=1S/C23H24F3N3O4/c1-31-13-10-28(11-14-32-2)22(30)15-3-5-16(6-4-15)29-20-17-9-12-33-19(17)8-7-18(20)21(27-29)23(24,25)26/h3-6,9,12H,7-8,10-11,13-14H2,1-2H3. The Kier molecular flexibility index (Phi) is 6.57. The van der Waals surface area contributed by atoms with Gasteiger partial charge in [0.25, 0.3) is 5.91 Å². The highest BCUT2D eigenvalue weighted by atomic mass is 19.4. The van der Waals surface area contributed by atoms with E-state index >= 15 is 0 Å². The molecule has 1 aliphatic carbocycles. The minimum Gasteiger partial charge on any atom is -0.469 e. The highest BCUT2D eigenvalue weighted by Crippen LogP contribution is 2.42. The van der Waals surface area contributed by atoms with Gasteiger partial charge in [0.05, 0.1) is 30.9 Å². The predicted molar refractivity (Wildman–Crippen MR) is 113 cm³/mol. The van der Waals surface area contributed by atoms with E-state index in [9.17, 15) is 18.0 Å². The Morgan fingerprint density at radius 3 is 2.36 bits per heavy atom. The van der Waals surface area contributed by atoms with E-state index in [0.29, 0.717) is 61.0 Å². The first-order valence-electron chi connectivity index (χ1n) is 10.5. The Hall–Kier alpha value is -3.11. The first kappa shape index (κ1) is 23.1. The van der Waals surface area contributed by atoms with Crippen molar-refractivity contribution in [3.63, 3.8) is 0 Å². The summed E-state index contributed by atoms with van der Waals surface area (Å²) in [6.07, 6.45) is -2.53. The van der Waals surface area contributed by atoms with Gasteiger partial charge in [-0.2, -0.15) is 18.3 Å². The minimum absolute atomic E-state index is 0.154. The lowest BCUT2D eigenvalue weighted by atomic mass is 9.94. The Labute approximate surface area is 188 Å². The maximum absolute atomic E-state index is 13.7. The Balaban J connectivity index is 1.69. The fraction of sp³-hybridized carbons (Fsp3) is 0.391. The maximum Gasteiger partial charge on any atom is 0.435 e. The molecule has 1 aliphatic rings. The van der Waals surface area contributed by atoms with Gasteiger partial charge in [0.15, 0.2) is 5.69 Å². The van der Waals surface area contributed by atoms with Gasteiger partial charge in [0.2, 0.25) is 0 Å². The van der Waals surface area contributed by atoms with E-state index in [1.54, 1.807) is 49.5 Å². The van der Waals surface area contributed by atoms with Crippen LogP contribution in [0.25, 0.3) is 16.9 Å². The fourth-order valence-corrected chi connectivity index (χ4v) is 4.01. The molecule has 0 atom stereocenters. The second-order valence-corrected chi connectivity index (χ2v) is 7.67. The van der Waals surface area contributed by atoms with Crippen molar-refractivity contribution < 1.29 is 31.9 Å². The van der Waals surface area contributed by atoms with E-state index in [1.165, 1.54) is 10.9 Å². The number of methoxy groups -OCH3 is 2. The van der Waals surface area contributed by atoms with Crippen LogP contribution in [-0.4, -0.2) is 61.1 Å². The van der Waals surface area contributed by atoms with E-state index < -0.39 is 11.9 Å². The van der Waals surface area contributed by atoms with E-state index in [-0.39, 0.29) is 17.9 Å². The second kappa shape index (κ2) is 9.40. The Bertz CT molecular complexity index is 1110. The van der Waals surface area contributed by atoms with Crippen molar-refractivity contribution in [1.82, 2.24) is 14.7 Å². The molecule has 0 radical (unpaired) electrons. The molecule has 0 saturated carbocycles. The summed E-state index contributed by atoms with van der Waals surface area (Å²) < 4.78 is 58.0. The normalized spacial score (nSPS) is 13.0. The number of ether oxygens (including phenoxy) is 2. The van der Waals surface area contributed by atoms with Gasteiger partial charge < -0.3 is 18.8 Å². The predicted octanol–water partition coefficient (Wildman–Crippen LogP) is 3.98. The first-order valence-corrected chi connectivity index (χ1v) is 10.5. The van der Waals surface area contributed by atoms with Crippen molar-refractivity contribution in [3.05, 3.63) is 59.2 Å². The van der Waals surface area contributed by atoms with Crippen molar-refractivity contribution >= 4 is 5.91 Å². The zero-order valence-corrected chi connectivity index (χ0v) is 18.3. The van der Waals surface area contributed by atoms with Gasteiger partial charge >= 0.3 is 6.18 Å². The van der Waals surface area contributed by atoms with Crippen LogP contribution < -0.4 is 0 Å². The molecular weight excluding hydrogens is 439 g/mol. The monoisotopic (exact) mass is 463 g/mol. The van der Waals surface area contributed by atoms with Gasteiger partial charge in [0, 0.05) is 50.4 Å². The van der Waals surface area contributed by atoms with Gasteiger partial charge in [-0.05, 0) is 36.8 Å². The number of carbonyl (C=O) groups is 1. The first-order chi connectivity index (χ1) is 15.8. The summed E-state index contributed by atoms with van der Waals surface area (Å²) in [5.74, 6) is 0.419. The van der Waals surface area contributed by atoms with Gasteiger partial charge in [-0.3, -0.25) is 4.79 Å². The van der Waals surface area contributed by atoms with Crippen LogP contribution in [0.5, 0.6) is 0 Å². The lowest BCUT2D eigenvalue weighted by Gasteiger charge is -2.22. The van der Waals surface area contributed by atoms with Crippen molar-refractivity contribution in [3.8, 4) is 16.9 Å². The molecule has 0 unspecified atom stereocenters. The van der Waals surface area contributed by atoms with Crippen LogP contribution in [0.3, 0.4) is 0 Å². The number of nitrogens with zero attached hydrogens (tertiary/aromatic N) is 3. The average molecular weight is 463 g/mol. The molecule has 7 nitrogen and oxygen atoms in total. The van der Waals surface area contributed by atoms with Crippen LogP contribution in [0.1, 0.15) is 27.4 Å². The number of hydrogen-bond donors (Lipinski definition) is 0. The molecule has 1 amide bonds. The van der Waals surface area contributed by atoms with Crippen molar-refractivity contribution in [2.75, 3.05) is 40.5 Å². The molecule has 10 heteroatoms. The number of fused-ring (bicyclic) bond motifs is 3. The highest BCUT2D eigenvalue weighted by molar-refractivity contribution is 5.94. The number of hydrogen-bond acceptors (Lipinski definition) is 5. The van der Waals surface area contributed by atoms with Crippen molar-refractivity contribution in [2.45, 2.75) is 19.0 Å². The summed E-state index contributed by atoms with van der Waals surface area (Å²) in [4.78, 5) is 14.5. The fourth-order valence-electron chi connectivity index (χ4n) is 4.01. The van der Waals surface area contributed by atoms with Gasteiger partial charge in [0.1, 0.15) is 5.76 Å². The number of aryl methyl sites for hydroxylation is 1. The maximum atomic E-state index is 13.7. The molecule has 1 aromatic carbocycles. The van der Waals surface area contributed by atoms with Crippen LogP contribution in [0.2, 0.25) is 0 Å². The third-order valence-corrected chi connectivity index (χ3v) is 5.63. The number of furan rings is 1. The summed E-state index contributed by atoms with van der Waals surface area (Å²) >= 11 is 0. The molecule has 0 N–H and O–H groups in total. The van der Waals surface area contributed by atoms with Crippen LogP contribution in [0.4, 0.5) is 13.2 Å². The summed E-state index contributed by atoms with van der Waals surface area (Å²) in [7, 11) is 3.11. The van der Waals surface area contributed by atoms with Gasteiger partial charge in [-0.25, -0.2) is 4.68 Å². The van der Waals surface area contributed by atoms with E-state index in [0.717, 1.165) is 0 Å². The molecule has 2 heterocycles. The second-order valence-electron chi connectivity index (χ2n) is 7.67. The number of aromatic nitrogens is 2. The zero-order chi connectivity index (χ0) is 23.6. The van der Waals surface area contributed by atoms with Gasteiger partial charge in [-0.15, -0.1) is 0 Å². The largest absolute Gasteiger partial charge is 0.469 e. The third kappa shape index (κ3) is 4.53. The molecule has 0 saturated heterocycles. The third-order valence-electron chi connectivity index (χ3n) is 5.63. The molecule has 176 valence electrons. The zero-order valence-electron chi connectivity index (χ0n) is 18.3. The smallest absolute Gasteiger partial charge is 0.435 e. The molecule has 0 fully saturated rings. The number of alkyl halides is 3. The molecule has 0 aliphatic heterocycles. The summed E-state index contributed by atoms with van der Waals surface area (Å²) in [5, 5.41) is 3.92. The van der Waals surface area contributed by atoms with Crippen LogP contribution in [0, 0.1) is 0 Å². The quantitative estimate of drug-likeness (QED) is 0.506. The average Bonchev–Trinajstić information content (AvgIpc) is 3.43. The van der Waals surface area contributed by atoms with E-state index in [1.807, 2.05) is 0 Å². The van der Waals surface area contributed by atoms with Crippen molar-refractivity contribution in [2.24, 2.45) is 0 Å². The molecular formula is C23H24F3N3O4. The highest BCUT2D eigenvalue weighted by Gasteiger charge is 2.41. The molecule has 4 rings (SSSR count). The number of amides is 1. The SMILES string of the molecule is COCCN(CCOC)C(=O)c1ccc(-n2nc(C(F)(F)F)c3c2-c2ccoc2CC3)cc1.